The second-order valence-corrected chi connectivity index (χ2v) is 7.71. The number of nitrogens with one attached hydrogen (secondary N) is 1. The van der Waals surface area contributed by atoms with Gasteiger partial charge in [-0.3, -0.25) is 14.4 Å². The molecule has 4 rings (SSSR count). The molecule has 0 atom stereocenters. The largest absolute Gasteiger partial charge is 0.306 e. The summed E-state index contributed by atoms with van der Waals surface area (Å²) < 4.78 is 1.82. The normalized spacial score (nSPS) is 13.3. The molecule has 0 bridgehead atoms. The van der Waals surface area contributed by atoms with E-state index >= 15 is 0 Å². The summed E-state index contributed by atoms with van der Waals surface area (Å²) in [5.74, 6) is 2.24. The molecule has 1 aliphatic rings. The van der Waals surface area contributed by atoms with E-state index in [1.54, 1.807) is 11.8 Å². The van der Waals surface area contributed by atoms with E-state index in [0.717, 1.165) is 41.4 Å². The Labute approximate surface area is 156 Å². The smallest absolute Gasteiger partial charge is 0.255 e. The Morgan fingerprint density at radius 2 is 2.12 bits per heavy atom. The summed E-state index contributed by atoms with van der Waals surface area (Å²) in [6.07, 6.45) is 3.92. The van der Waals surface area contributed by atoms with Crippen LogP contribution in [0.4, 0.5) is 0 Å². The van der Waals surface area contributed by atoms with Crippen molar-refractivity contribution in [2.24, 2.45) is 7.05 Å². The number of nitrogens with zero attached hydrogens (tertiary/aromatic N) is 4. The summed E-state index contributed by atoms with van der Waals surface area (Å²) >= 11 is 1.74. The van der Waals surface area contributed by atoms with Crippen LogP contribution in [0.3, 0.4) is 0 Å². The van der Waals surface area contributed by atoms with Crippen molar-refractivity contribution in [2.45, 2.75) is 24.6 Å². The second kappa shape index (κ2) is 7.09. The number of fused-ring (bicyclic) bond motifs is 1. The third-order valence-corrected chi connectivity index (χ3v) is 5.42. The minimum atomic E-state index is -0.00546. The van der Waals surface area contributed by atoms with Crippen LogP contribution in [0.1, 0.15) is 22.4 Å². The monoisotopic (exact) mass is 367 g/mol. The fourth-order valence-corrected chi connectivity index (χ4v) is 4.28. The van der Waals surface area contributed by atoms with Crippen molar-refractivity contribution in [3.05, 3.63) is 69.4 Å². The number of aromatic nitrogens is 4. The van der Waals surface area contributed by atoms with Gasteiger partial charge < -0.3 is 4.98 Å². The lowest BCUT2D eigenvalue weighted by molar-refractivity contribution is 0.319. The molecule has 0 aliphatic carbocycles. The Morgan fingerprint density at radius 3 is 2.92 bits per heavy atom. The summed E-state index contributed by atoms with van der Waals surface area (Å²) in [5.41, 5.74) is 5.07. The third-order valence-electron chi connectivity index (χ3n) is 4.45. The molecular formula is C19H21N5OS. The molecule has 7 heteroatoms. The van der Waals surface area contributed by atoms with E-state index in [0.29, 0.717) is 5.82 Å². The van der Waals surface area contributed by atoms with Gasteiger partial charge in [-0.1, -0.05) is 18.2 Å². The zero-order chi connectivity index (χ0) is 18.1. The first kappa shape index (κ1) is 17.1. The van der Waals surface area contributed by atoms with Crippen LogP contribution >= 0.6 is 11.8 Å². The van der Waals surface area contributed by atoms with E-state index < -0.39 is 0 Å². The standard InChI is InChI=1S/C19H21N5OS/c1-23(9-14-7-20-24(2)10-14)8-13-4-3-5-15(6-13)18-21-17-12-26-11-16(17)19(25)22-18/h3-7,10H,8-9,11-12H2,1-2H3,(H,21,22,25). The van der Waals surface area contributed by atoms with Gasteiger partial charge in [-0.15, -0.1) is 0 Å². The van der Waals surface area contributed by atoms with Gasteiger partial charge in [-0.2, -0.15) is 16.9 Å². The second-order valence-electron chi connectivity index (χ2n) is 6.73. The van der Waals surface area contributed by atoms with Crippen LogP contribution in [-0.2, 0) is 31.6 Å². The highest BCUT2D eigenvalue weighted by Crippen LogP contribution is 2.27. The van der Waals surface area contributed by atoms with Gasteiger partial charge in [0.05, 0.1) is 11.9 Å². The quantitative estimate of drug-likeness (QED) is 0.751. The number of aryl methyl sites for hydroxylation is 1. The van der Waals surface area contributed by atoms with Crippen molar-refractivity contribution >= 4 is 11.8 Å². The van der Waals surface area contributed by atoms with E-state index in [9.17, 15) is 4.79 Å². The number of hydrogen-bond acceptors (Lipinski definition) is 5. The topological polar surface area (TPSA) is 66.8 Å². The predicted molar refractivity (Wildman–Crippen MR) is 104 cm³/mol. The molecule has 0 spiro atoms. The molecule has 0 fully saturated rings. The molecule has 0 saturated carbocycles. The first-order valence-corrected chi connectivity index (χ1v) is 9.69. The molecule has 1 aliphatic heterocycles. The van der Waals surface area contributed by atoms with Crippen LogP contribution < -0.4 is 5.56 Å². The summed E-state index contributed by atoms with van der Waals surface area (Å²) in [6.45, 7) is 1.65. The molecule has 0 saturated heterocycles. The Morgan fingerprint density at radius 1 is 1.27 bits per heavy atom. The van der Waals surface area contributed by atoms with Crippen molar-refractivity contribution in [3.8, 4) is 11.4 Å². The number of benzene rings is 1. The molecule has 3 heterocycles. The minimum absolute atomic E-state index is 0.00546. The average Bonchev–Trinajstić information content (AvgIpc) is 3.24. The fraction of sp³-hybridized carbons (Fsp3) is 0.316. The average molecular weight is 367 g/mol. The van der Waals surface area contributed by atoms with Crippen molar-refractivity contribution in [1.29, 1.82) is 0 Å². The van der Waals surface area contributed by atoms with Crippen LogP contribution in [-0.4, -0.2) is 31.7 Å². The van der Waals surface area contributed by atoms with E-state index in [1.807, 2.05) is 36.3 Å². The summed E-state index contributed by atoms with van der Waals surface area (Å²) in [5, 5.41) is 4.21. The van der Waals surface area contributed by atoms with Crippen molar-refractivity contribution < 1.29 is 0 Å². The van der Waals surface area contributed by atoms with Crippen molar-refractivity contribution in [1.82, 2.24) is 24.6 Å². The third kappa shape index (κ3) is 3.59. The minimum Gasteiger partial charge on any atom is -0.306 e. The van der Waals surface area contributed by atoms with Crippen molar-refractivity contribution in [3.63, 3.8) is 0 Å². The molecule has 2 aromatic heterocycles. The summed E-state index contributed by atoms with van der Waals surface area (Å²) in [6, 6.07) is 8.22. The summed E-state index contributed by atoms with van der Waals surface area (Å²) in [4.78, 5) is 22.1. The molecular weight excluding hydrogens is 346 g/mol. The van der Waals surface area contributed by atoms with Gasteiger partial charge in [0.15, 0.2) is 0 Å². The first-order valence-electron chi connectivity index (χ1n) is 8.53. The van der Waals surface area contributed by atoms with E-state index in [4.69, 9.17) is 0 Å². The maximum Gasteiger partial charge on any atom is 0.255 e. The molecule has 0 radical (unpaired) electrons. The Hall–Kier alpha value is -2.38. The van der Waals surface area contributed by atoms with Gasteiger partial charge in [-0.05, 0) is 18.7 Å². The maximum absolute atomic E-state index is 12.2. The zero-order valence-electron chi connectivity index (χ0n) is 14.9. The number of rotatable bonds is 5. The molecule has 26 heavy (non-hydrogen) atoms. The Kier molecular flexibility index (Phi) is 4.65. The SMILES string of the molecule is CN(Cc1cccc(-c2nc3c(c(=O)[nH]2)CSC3)c1)Cc1cnn(C)c1. The number of H-pyrrole nitrogens is 1. The van der Waals surface area contributed by atoms with Gasteiger partial charge >= 0.3 is 0 Å². The summed E-state index contributed by atoms with van der Waals surface area (Å²) in [7, 11) is 4.02. The van der Waals surface area contributed by atoms with Gasteiger partial charge in [0.1, 0.15) is 5.82 Å². The van der Waals surface area contributed by atoms with Crippen LogP contribution in [0, 0.1) is 0 Å². The van der Waals surface area contributed by atoms with Crippen LogP contribution in [0.15, 0.2) is 41.5 Å². The van der Waals surface area contributed by atoms with E-state index in [2.05, 4.69) is 39.1 Å². The highest BCUT2D eigenvalue weighted by atomic mass is 32.2. The Balaban J connectivity index is 1.53. The maximum atomic E-state index is 12.2. The first-order chi connectivity index (χ1) is 12.6. The highest BCUT2D eigenvalue weighted by Gasteiger charge is 2.18. The highest BCUT2D eigenvalue weighted by molar-refractivity contribution is 7.98. The van der Waals surface area contributed by atoms with Gasteiger partial charge in [0, 0.05) is 54.5 Å². The number of thioether (sulfide) groups is 1. The molecule has 0 unspecified atom stereocenters. The van der Waals surface area contributed by atoms with Crippen LogP contribution in [0.25, 0.3) is 11.4 Å². The molecule has 6 nitrogen and oxygen atoms in total. The van der Waals surface area contributed by atoms with E-state index in [-0.39, 0.29) is 5.56 Å². The Bertz CT molecular complexity index is 994. The predicted octanol–water partition coefficient (Wildman–Crippen LogP) is 2.55. The lowest BCUT2D eigenvalue weighted by Crippen LogP contribution is -2.17. The molecule has 0 amide bonds. The molecule has 134 valence electrons. The van der Waals surface area contributed by atoms with Crippen LogP contribution in [0.2, 0.25) is 0 Å². The van der Waals surface area contributed by atoms with Gasteiger partial charge in [-0.25, -0.2) is 4.98 Å². The lowest BCUT2D eigenvalue weighted by atomic mass is 10.1. The van der Waals surface area contributed by atoms with Gasteiger partial charge in [0.2, 0.25) is 0 Å². The molecule has 1 N–H and O–H groups in total. The van der Waals surface area contributed by atoms with E-state index in [1.165, 1.54) is 11.1 Å². The number of hydrogen-bond donors (Lipinski definition) is 1. The molecule has 3 aromatic rings. The molecule has 1 aromatic carbocycles. The fourth-order valence-electron chi connectivity index (χ4n) is 3.25. The number of aromatic amines is 1. The van der Waals surface area contributed by atoms with Crippen molar-refractivity contribution in [2.75, 3.05) is 7.05 Å². The zero-order valence-corrected chi connectivity index (χ0v) is 15.7. The van der Waals surface area contributed by atoms with Gasteiger partial charge in [0.25, 0.3) is 5.56 Å². The van der Waals surface area contributed by atoms with Crippen LogP contribution in [0.5, 0.6) is 0 Å². The lowest BCUT2D eigenvalue weighted by Gasteiger charge is -2.16.